The maximum absolute atomic E-state index is 13.4. The van der Waals surface area contributed by atoms with Crippen molar-refractivity contribution in [3.63, 3.8) is 0 Å². The van der Waals surface area contributed by atoms with Gasteiger partial charge in [0, 0.05) is 21.5 Å². The van der Waals surface area contributed by atoms with Crippen LogP contribution in [0.5, 0.6) is 0 Å². The minimum absolute atomic E-state index is 0. The zero-order valence-corrected chi connectivity index (χ0v) is 62.7. The summed E-state index contributed by atoms with van der Waals surface area (Å²) in [6.45, 7) is 33.1. The third-order valence-electron chi connectivity index (χ3n) is 13.9. The van der Waals surface area contributed by atoms with Crippen LogP contribution in [-0.4, -0.2) is 120 Å². The number of alkyl carbamates (subject to hydrolysis) is 2. The molecule has 550 valence electrons. The normalized spacial score (nSPS) is 13.2. The molecule has 101 heavy (non-hydrogen) atoms. The van der Waals surface area contributed by atoms with Gasteiger partial charge in [0.15, 0.2) is 28.5 Å². The van der Waals surface area contributed by atoms with E-state index in [2.05, 4.69) is 80.7 Å². The quantitative estimate of drug-likeness (QED) is 0.0256. The topological polar surface area (TPSA) is 425 Å². The zero-order valence-electron chi connectivity index (χ0n) is 59.5. The van der Waals surface area contributed by atoms with Crippen LogP contribution < -0.4 is 32.3 Å². The van der Waals surface area contributed by atoms with Crippen molar-refractivity contribution >= 4 is 93.2 Å². The number of nitrogens with two attached hydrogens (primary N) is 1. The van der Waals surface area contributed by atoms with Crippen molar-refractivity contribution in [3.8, 4) is 23.2 Å². The second-order valence-corrected chi connectivity index (χ2v) is 29.4. The summed E-state index contributed by atoms with van der Waals surface area (Å²) in [5, 5.41) is 23.6. The van der Waals surface area contributed by atoms with Crippen LogP contribution in [0.25, 0.3) is 23.2 Å². The summed E-state index contributed by atoms with van der Waals surface area (Å²) < 4.78 is 46.5. The molecule has 0 aromatic carbocycles. The molecular formula is C66H90N14O17S4. The van der Waals surface area contributed by atoms with Gasteiger partial charge in [0.1, 0.15) is 84.4 Å². The summed E-state index contributed by atoms with van der Waals surface area (Å²) in [4.78, 5) is 133. The van der Waals surface area contributed by atoms with Crippen LogP contribution in [0.1, 0.15) is 261 Å². The Morgan fingerprint density at radius 3 is 1.17 bits per heavy atom. The third kappa shape index (κ3) is 22.8. The van der Waals surface area contributed by atoms with Crippen molar-refractivity contribution in [2.45, 2.75) is 180 Å². The highest BCUT2D eigenvalue weighted by molar-refractivity contribution is 7.10. The van der Waals surface area contributed by atoms with E-state index in [1.807, 2.05) is 55.4 Å². The molecule has 8 rings (SSSR count). The van der Waals surface area contributed by atoms with E-state index < -0.39 is 77.3 Å². The molecule has 0 spiro atoms. The Morgan fingerprint density at radius 2 is 0.782 bits per heavy atom. The summed E-state index contributed by atoms with van der Waals surface area (Å²) >= 11 is 5.33. The fourth-order valence-corrected chi connectivity index (χ4v) is 12.6. The lowest BCUT2D eigenvalue weighted by molar-refractivity contribution is 0.0478. The van der Waals surface area contributed by atoms with Gasteiger partial charge in [0.2, 0.25) is 23.6 Å². The molecule has 0 bridgehead atoms. The number of aryl methyl sites for hydroxylation is 2. The number of hydrogen-bond acceptors (Lipinski definition) is 30. The van der Waals surface area contributed by atoms with Crippen LogP contribution in [0.15, 0.2) is 51.7 Å². The Labute approximate surface area is 601 Å². The molecule has 0 radical (unpaired) electrons. The van der Waals surface area contributed by atoms with Crippen LogP contribution in [0.3, 0.4) is 0 Å². The maximum atomic E-state index is 13.4. The molecule has 35 heteroatoms. The number of rotatable bonds is 23. The molecule has 0 aliphatic carbocycles. The van der Waals surface area contributed by atoms with Gasteiger partial charge in [-0.05, 0) is 92.9 Å². The van der Waals surface area contributed by atoms with Crippen molar-refractivity contribution in [1.29, 1.82) is 0 Å². The summed E-state index contributed by atoms with van der Waals surface area (Å²) in [6.07, 6.45) is 1.26. The Bertz CT molecular complexity index is 4120. The summed E-state index contributed by atoms with van der Waals surface area (Å²) in [5.41, 5.74) is 6.49. The van der Waals surface area contributed by atoms with E-state index in [9.17, 15) is 38.4 Å². The van der Waals surface area contributed by atoms with E-state index in [1.165, 1.54) is 72.9 Å². The van der Waals surface area contributed by atoms with Crippen LogP contribution in [0.4, 0.5) is 9.59 Å². The summed E-state index contributed by atoms with van der Waals surface area (Å²) in [6, 6.07) is -2.69. The molecule has 7 N–H and O–H groups in total. The molecule has 5 amide bonds. The van der Waals surface area contributed by atoms with E-state index in [-0.39, 0.29) is 113 Å². The molecule has 0 saturated heterocycles. The lowest BCUT2D eigenvalue weighted by Gasteiger charge is -2.24. The van der Waals surface area contributed by atoms with E-state index >= 15 is 0 Å². The average Bonchev–Trinajstić information content (AvgIpc) is 1.68. The molecule has 8 aromatic heterocycles. The fourth-order valence-electron chi connectivity index (χ4n) is 8.60. The molecule has 0 unspecified atom stereocenters. The number of nitrogens with zero attached hydrogens (tertiary/aromatic N) is 8. The standard InChI is InChI=1S/C32H41N7O8S2.C19H23N5O5S.C14H22N2O4S.CH4/c1-14(2)21(37-24(40)19-12-48-29(35-19)22(15(3)4)39-31(43)47-32(7,8)9)28-36-20(13-49-28)27-38-23(17(6)46-27)25(41)33-16(5)26-34-18(11-45-26)30(42)44-10;1-8(2)13(20)18-23-12(7-30-18)17-24-14(10(4)29-17)15(25)21-9(3)16-22-11(6-28-16)19(26)27-5;1-8(2)10(16-13(18)20-14(3,4)5)11-15-9(7-21-11)12(17)19-6;/h11-16,21-22H,1-10H3,(H,33,41)(H,37,40)(H,39,43);6-9,13H,20H2,1-5H3,(H,21,25);7-8,10H,1-6H3,(H,16,18);1H4/t16-,21-,22-;9-,13-;10-;/m000./s1. The average molecular weight is 1480 g/mol. The fraction of sp³-hybridized carbons (Fsp3) is 0.515. The number of amides is 5. The van der Waals surface area contributed by atoms with Crippen molar-refractivity contribution < 1.29 is 79.7 Å². The highest BCUT2D eigenvalue weighted by atomic mass is 32.1. The van der Waals surface area contributed by atoms with E-state index in [0.29, 0.717) is 32.2 Å². The molecule has 8 aromatic rings. The van der Waals surface area contributed by atoms with Crippen LogP contribution in [0, 0.1) is 37.5 Å². The first-order valence-electron chi connectivity index (χ1n) is 31.4. The van der Waals surface area contributed by atoms with Gasteiger partial charge in [-0.25, -0.2) is 63.8 Å². The number of ether oxygens (including phenoxy) is 5. The predicted molar refractivity (Wildman–Crippen MR) is 375 cm³/mol. The number of hydrogen-bond donors (Lipinski definition) is 6. The van der Waals surface area contributed by atoms with Crippen molar-refractivity contribution in [1.82, 2.24) is 66.5 Å². The number of carbonyl (C=O) groups excluding carboxylic acids is 8. The lowest BCUT2D eigenvalue weighted by Crippen LogP contribution is -2.37. The van der Waals surface area contributed by atoms with Gasteiger partial charge in [-0.1, -0.05) is 62.8 Å². The molecule has 6 atom stereocenters. The molecule has 0 aliphatic rings. The van der Waals surface area contributed by atoms with Crippen LogP contribution in [0.2, 0.25) is 0 Å². The van der Waals surface area contributed by atoms with Crippen LogP contribution >= 0.6 is 45.3 Å². The first-order chi connectivity index (χ1) is 46.8. The van der Waals surface area contributed by atoms with Gasteiger partial charge < -0.3 is 73.7 Å². The number of thiazole rings is 4. The van der Waals surface area contributed by atoms with E-state index in [1.54, 1.807) is 90.8 Å². The second kappa shape index (κ2) is 35.8. The van der Waals surface area contributed by atoms with Gasteiger partial charge >= 0.3 is 30.1 Å². The SMILES string of the molecule is C.COC(=O)c1coc([C@H](C)NC(=O)c2nc(-c3csc([C@@H](N)C(C)C)n3)oc2C)n1.COC(=O)c1coc([C@H](C)NC(=O)c2nc(-c3csc([C@@H](NC(=O)c4csc([C@@H](NC(=O)OC(C)(C)C)C(C)C)n4)C(C)C)n3)oc2C)n1.COC(=O)c1csc([C@@H](NC(=O)OC(C)(C)C)C(C)C)n1. The highest BCUT2D eigenvalue weighted by Crippen LogP contribution is 2.34. The zero-order chi connectivity index (χ0) is 74.4. The molecule has 0 saturated carbocycles. The first-order valence-corrected chi connectivity index (χ1v) is 34.9. The second-order valence-electron chi connectivity index (χ2n) is 25.8. The van der Waals surface area contributed by atoms with Gasteiger partial charge in [-0.3, -0.25) is 14.4 Å². The Morgan fingerprint density at radius 1 is 0.436 bits per heavy atom. The molecule has 8 heterocycles. The minimum Gasteiger partial charge on any atom is -0.464 e. The lowest BCUT2D eigenvalue weighted by atomic mass is 10.0. The third-order valence-corrected chi connectivity index (χ3v) is 17.6. The molecule has 31 nitrogen and oxygen atoms in total. The minimum atomic E-state index is -0.682. The van der Waals surface area contributed by atoms with Crippen molar-refractivity contribution in [2.24, 2.45) is 29.4 Å². The smallest absolute Gasteiger partial charge is 0.408 e. The van der Waals surface area contributed by atoms with Crippen LogP contribution in [-0.2, 0) is 23.7 Å². The highest BCUT2D eigenvalue weighted by Gasteiger charge is 2.32. The molecular weight excluding hydrogens is 1390 g/mol. The van der Waals surface area contributed by atoms with Crippen molar-refractivity contribution in [2.75, 3.05) is 21.3 Å². The molecule has 0 aliphatic heterocycles. The van der Waals surface area contributed by atoms with E-state index in [0.717, 1.165) is 11.3 Å². The summed E-state index contributed by atoms with van der Waals surface area (Å²) in [7, 11) is 3.78. The predicted octanol–water partition coefficient (Wildman–Crippen LogP) is 13.0. The number of carbonyl (C=O) groups is 8. The van der Waals surface area contributed by atoms with Gasteiger partial charge in [0.25, 0.3) is 17.7 Å². The first kappa shape index (κ1) is 82.3. The van der Waals surface area contributed by atoms with Gasteiger partial charge in [0.05, 0.1) is 45.5 Å². The number of oxazole rings is 4. The number of nitrogens with one attached hydrogen (secondary N) is 5. The molecule has 0 fully saturated rings. The monoisotopic (exact) mass is 1480 g/mol. The van der Waals surface area contributed by atoms with E-state index in [4.69, 9.17) is 32.9 Å². The Hall–Kier alpha value is -9.32. The number of aromatic nitrogens is 8. The maximum Gasteiger partial charge on any atom is 0.408 e. The van der Waals surface area contributed by atoms with Crippen molar-refractivity contribution in [3.05, 3.63) is 112 Å². The van der Waals surface area contributed by atoms with Gasteiger partial charge in [-0.2, -0.15) is 0 Å². The number of methoxy groups -OCH3 is 3. The Balaban J connectivity index is 0.000000300. The van der Waals surface area contributed by atoms with Gasteiger partial charge in [-0.15, -0.1) is 45.3 Å². The number of esters is 3. The Kier molecular flexibility index (Phi) is 29.2. The summed E-state index contributed by atoms with van der Waals surface area (Å²) in [5.74, 6) is -1.58. The largest absolute Gasteiger partial charge is 0.464 e.